The van der Waals surface area contributed by atoms with Crippen LogP contribution in [-0.2, 0) is 0 Å². The second kappa shape index (κ2) is 2.20. The van der Waals surface area contributed by atoms with Crippen LogP contribution in [0.5, 0.6) is 0 Å². The van der Waals surface area contributed by atoms with Crippen molar-refractivity contribution in [3.63, 3.8) is 0 Å². The number of rotatable bonds is 1. The highest BCUT2D eigenvalue weighted by Gasteiger charge is 2.57. The molecule has 4 fully saturated rings. The Morgan fingerprint density at radius 2 is 1.85 bits per heavy atom. The Hall–Kier alpha value is -0.730. The van der Waals surface area contributed by atoms with Crippen LogP contribution >= 0.6 is 0 Å². The van der Waals surface area contributed by atoms with Gasteiger partial charge in [0.1, 0.15) is 0 Å². The van der Waals surface area contributed by atoms with E-state index in [2.05, 4.69) is 5.32 Å². The number of hydrogen-bond acceptors (Lipinski definition) is 1. The lowest BCUT2D eigenvalue weighted by Gasteiger charge is -2.33. The lowest BCUT2D eigenvalue weighted by Crippen LogP contribution is -2.51. The molecule has 0 aromatic carbocycles. The fourth-order valence-corrected chi connectivity index (χ4v) is 4.27. The summed E-state index contributed by atoms with van der Waals surface area (Å²) in [6, 6.07) is 0. The predicted octanol–water partition coefficient (Wildman–Crippen LogP) is 1.05. The normalized spacial score (nSPS) is 51.2. The van der Waals surface area contributed by atoms with Gasteiger partial charge >= 0.3 is 0 Å². The first kappa shape index (κ1) is 7.65. The third kappa shape index (κ3) is 0.930. The number of nitrogens with two attached hydrogens (primary N) is 1. The Morgan fingerprint density at radius 1 is 1.23 bits per heavy atom. The summed E-state index contributed by atoms with van der Waals surface area (Å²) in [6.45, 7) is 0. The van der Waals surface area contributed by atoms with Crippen molar-refractivity contribution in [3.8, 4) is 0 Å². The smallest absolute Gasteiger partial charge is 0.186 e. The van der Waals surface area contributed by atoms with E-state index in [4.69, 9.17) is 11.1 Å². The molecule has 0 radical (unpaired) electrons. The molecule has 0 saturated heterocycles. The molecule has 0 aromatic heterocycles. The van der Waals surface area contributed by atoms with Gasteiger partial charge in [0.05, 0.1) is 0 Å². The van der Waals surface area contributed by atoms with Crippen LogP contribution in [0.3, 0.4) is 0 Å². The number of guanidine groups is 1. The van der Waals surface area contributed by atoms with Crippen molar-refractivity contribution in [3.05, 3.63) is 0 Å². The summed E-state index contributed by atoms with van der Waals surface area (Å²) in [5, 5.41) is 10.6. The Morgan fingerprint density at radius 3 is 2.38 bits per heavy atom. The lowest BCUT2D eigenvalue weighted by atomic mass is 9.80. The fourth-order valence-electron chi connectivity index (χ4n) is 4.27. The van der Waals surface area contributed by atoms with Gasteiger partial charge in [-0.05, 0) is 49.9 Å². The van der Waals surface area contributed by atoms with Gasteiger partial charge in [-0.2, -0.15) is 0 Å². The monoisotopic (exact) mass is 179 g/mol. The van der Waals surface area contributed by atoms with Gasteiger partial charge in [0.15, 0.2) is 5.96 Å². The van der Waals surface area contributed by atoms with Crippen molar-refractivity contribution in [1.82, 2.24) is 5.32 Å². The molecule has 4 bridgehead atoms. The maximum atomic E-state index is 7.35. The number of hydrogen-bond donors (Lipinski definition) is 3. The molecule has 72 valence electrons. The Balaban J connectivity index is 1.88. The lowest BCUT2D eigenvalue weighted by molar-refractivity contribution is 0.255. The van der Waals surface area contributed by atoms with Gasteiger partial charge in [-0.25, -0.2) is 0 Å². The minimum atomic E-state index is 0.174. The first-order valence-electron chi connectivity index (χ1n) is 5.30. The molecule has 4 N–H and O–H groups in total. The van der Waals surface area contributed by atoms with Crippen LogP contribution in [-0.4, -0.2) is 11.5 Å². The van der Waals surface area contributed by atoms with Crippen LogP contribution in [0.1, 0.15) is 32.1 Å². The van der Waals surface area contributed by atoms with Crippen molar-refractivity contribution in [2.24, 2.45) is 23.5 Å². The van der Waals surface area contributed by atoms with E-state index in [1.807, 2.05) is 0 Å². The van der Waals surface area contributed by atoms with E-state index < -0.39 is 0 Å². The molecule has 4 aliphatic carbocycles. The molecule has 0 amide bonds. The van der Waals surface area contributed by atoms with Crippen molar-refractivity contribution < 1.29 is 0 Å². The van der Waals surface area contributed by atoms with E-state index in [0.717, 1.165) is 17.8 Å². The first-order chi connectivity index (χ1) is 6.18. The van der Waals surface area contributed by atoms with Gasteiger partial charge in [-0.15, -0.1) is 0 Å². The van der Waals surface area contributed by atoms with Crippen LogP contribution in [0.2, 0.25) is 0 Å². The molecule has 4 aliphatic rings. The zero-order valence-electron chi connectivity index (χ0n) is 7.84. The topological polar surface area (TPSA) is 61.9 Å². The van der Waals surface area contributed by atoms with Gasteiger partial charge in [0, 0.05) is 5.54 Å². The molecule has 0 aromatic rings. The van der Waals surface area contributed by atoms with Crippen molar-refractivity contribution in [2.45, 2.75) is 37.6 Å². The van der Waals surface area contributed by atoms with Crippen LogP contribution in [0.15, 0.2) is 0 Å². The molecule has 3 nitrogen and oxygen atoms in total. The maximum Gasteiger partial charge on any atom is 0.186 e. The Labute approximate surface area is 78.6 Å². The largest absolute Gasteiger partial charge is 0.370 e. The summed E-state index contributed by atoms with van der Waals surface area (Å²) in [6.07, 6.45) is 6.76. The van der Waals surface area contributed by atoms with Crippen LogP contribution < -0.4 is 11.1 Å². The van der Waals surface area contributed by atoms with Crippen LogP contribution in [0.4, 0.5) is 0 Å². The zero-order chi connectivity index (χ0) is 9.05. The molecule has 0 heterocycles. The average molecular weight is 179 g/mol. The summed E-state index contributed by atoms with van der Waals surface area (Å²) in [4.78, 5) is 0. The zero-order valence-corrected chi connectivity index (χ0v) is 7.84. The van der Waals surface area contributed by atoms with Gasteiger partial charge in [-0.1, -0.05) is 0 Å². The second-order valence-corrected chi connectivity index (χ2v) is 5.24. The summed E-state index contributed by atoms with van der Waals surface area (Å²) in [7, 11) is 0. The van der Waals surface area contributed by atoms with E-state index in [1.54, 1.807) is 0 Å². The van der Waals surface area contributed by atoms with E-state index in [0.29, 0.717) is 0 Å². The van der Waals surface area contributed by atoms with Gasteiger partial charge in [-0.3, -0.25) is 5.41 Å². The van der Waals surface area contributed by atoms with Crippen LogP contribution in [0, 0.1) is 23.2 Å². The van der Waals surface area contributed by atoms with E-state index in [1.165, 1.54) is 32.1 Å². The van der Waals surface area contributed by atoms with Crippen molar-refractivity contribution in [2.75, 3.05) is 0 Å². The van der Waals surface area contributed by atoms with E-state index >= 15 is 0 Å². The average Bonchev–Trinajstić information content (AvgIpc) is 2.33. The number of nitrogens with one attached hydrogen (secondary N) is 2. The Kier molecular flexibility index (Phi) is 1.29. The van der Waals surface area contributed by atoms with Crippen molar-refractivity contribution >= 4 is 5.96 Å². The van der Waals surface area contributed by atoms with Gasteiger partial charge < -0.3 is 11.1 Å². The molecule has 2 unspecified atom stereocenters. The van der Waals surface area contributed by atoms with Gasteiger partial charge in [0.25, 0.3) is 0 Å². The molecule has 3 heteroatoms. The highest BCUT2D eigenvalue weighted by molar-refractivity contribution is 5.75. The highest BCUT2D eigenvalue weighted by atomic mass is 15.1. The summed E-state index contributed by atoms with van der Waals surface area (Å²) in [5.41, 5.74) is 5.70. The maximum absolute atomic E-state index is 7.35. The summed E-state index contributed by atoms with van der Waals surface area (Å²) < 4.78 is 0. The fraction of sp³-hybridized carbons (Fsp3) is 0.900. The third-order valence-electron chi connectivity index (χ3n) is 4.37. The van der Waals surface area contributed by atoms with E-state index in [-0.39, 0.29) is 11.5 Å². The molecule has 13 heavy (non-hydrogen) atoms. The van der Waals surface area contributed by atoms with E-state index in [9.17, 15) is 0 Å². The molecule has 2 atom stereocenters. The van der Waals surface area contributed by atoms with Crippen LogP contribution in [0.25, 0.3) is 0 Å². The Bertz CT molecular complexity index is 247. The molecule has 0 spiro atoms. The molecule has 4 saturated carbocycles. The van der Waals surface area contributed by atoms with Crippen molar-refractivity contribution in [1.29, 1.82) is 5.41 Å². The molecular weight excluding hydrogens is 162 g/mol. The quantitative estimate of drug-likeness (QED) is 0.416. The molecule has 0 aliphatic heterocycles. The third-order valence-corrected chi connectivity index (χ3v) is 4.37. The first-order valence-corrected chi connectivity index (χ1v) is 5.30. The molecular formula is C10H17N3. The SMILES string of the molecule is N=C(N)NC12CC3CC(CC1C3)C2. The summed E-state index contributed by atoms with van der Waals surface area (Å²) >= 11 is 0. The minimum Gasteiger partial charge on any atom is -0.370 e. The second-order valence-electron chi connectivity index (χ2n) is 5.24. The highest BCUT2D eigenvalue weighted by Crippen LogP contribution is 2.60. The predicted molar refractivity (Wildman–Crippen MR) is 51.3 cm³/mol. The summed E-state index contributed by atoms with van der Waals surface area (Å²) in [5.74, 6) is 2.86. The van der Waals surface area contributed by atoms with Gasteiger partial charge in [0.2, 0.25) is 0 Å². The standard InChI is InChI=1S/C10H17N3/c11-9(12)13-10-4-6-1-7(5-10)3-8(10)2-6/h6-8H,1-5H2,(H4,11,12,13). The minimum absolute atomic E-state index is 0.174. The molecule has 4 rings (SSSR count).